The maximum absolute atomic E-state index is 13.2. The number of hydrogen-bond acceptors (Lipinski definition) is 8. The van der Waals surface area contributed by atoms with Gasteiger partial charge >= 0.3 is 5.97 Å². The molecule has 3 atom stereocenters. The molecule has 10 nitrogen and oxygen atoms in total. The first-order valence-electron chi connectivity index (χ1n) is 21.8. The summed E-state index contributed by atoms with van der Waals surface area (Å²) in [7, 11) is 0. The fourth-order valence-electron chi connectivity index (χ4n) is 8.43. The Kier molecular flexibility index (Phi) is 14.6. The van der Waals surface area contributed by atoms with Crippen LogP contribution in [0.1, 0.15) is 108 Å². The van der Waals surface area contributed by atoms with E-state index in [1.54, 1.807) is 32.9 Å². The normalized spacial score (nSPS) is 16.2. The van der Waals surface area contributed by atoms with Crippen molar-refractivity contribution in [3.8, 4) is 17.2 Å². The van der Waals surface area contributed by atoms with E-state index in [4.69, 9.17) is 29.4 Å². The predicted octanol–water partition coefficient (Wildman–Crippen LogP) is 9.31. The second-order valence-corrected chi connectivity index (χ2v) is 17.0. The van der Waals surface area contributed by atoms with E-state index >= 15 is 0 Å². The third-order valence-corrected chi connectivity index (χ3v) is 11.4. The fourth-order valence-corrected chi connectivity index (χ4v) is 8.43. The molecule has 1 heterocycles. The number of esters is 1. The topological polar surface area (TPSA) is 127 Å². The van der Waals surface area contributed by atoms with Gasteiger partial charge in [-0.3, -0.25) is 14.4 Å². The number of amides is 2. The van der Waals surface area contributed by atoms with Crippen LogP contribution in [0.5, 0.6) is 17.2 Å². The number of carbonyl (C=O) groups excluding carboxylic acids is 3. The number of ether oxygens (including phenoxy) is 5. The van der Waals surface area contributed by atoms with Gasteiger partial charge in [-0.15, -0.1) is 0 Å². The molecule has 0 aromatic heterocycles. The van der Waals surface area contributed by atoms with Gasteiger partial charge in [0, 0.05) is 50.5 Å². The summed E-state index contributed by atoms with van der Waals surface area (Å²) in [6.45, 7) is 8.18. The second-order valence-electron chi connectivity index (χ2n) is 17.0. The molecule has 2 N–H and O–H groups in total. The first-order chi connectivity index (χ1) is 30.0. The van der Waals surface area contributed by atoms with Crippen LogP contribution in [0.2, 0.25) is 0 Å². The Morgan fingerprint density at radius 1 is 0.726 bits per heavy atom. The zero-order chi connectivity index (χ0) is 43.5. The van der Waals surface area contributed by atoms with Crippen LogP contribution in [-0.2, 0) is 38.6 Å². The Hall–Kier alpha value is -6.13. The number of rotatable bonds is 20. The van der Waals surface area contributed by atoms with Gasteiger partial charge in [-0.1, -0.05) is 78.9 Å². The largest absolute Gasteiger partial charge is 0.494 e. The number of primary amides is 1. The number of carbonyl (C=O) groups is 3. The molecule has 0 saturated heterocycles. The summed E-state index contributed by atoms with van der Waals surface area (Å²) in [6.07, 6.45) is 3.57. The average Bonchev–Trinajstić information content (AvgIpc) is 3.59. The molecule has 2 aliphatic rings. The molecule has 0 saturated carbocycles. The van der Waals surface area contributed by atoms with Crippen LogP contribution in [0.15, 0.2) is 121 Å². The Morgan fingerprint density at radius 3 is 2.05 bits per heavy atom. The predicted molar refractivity (Wildman–Crippen MR) is 238 cm³/mol. The van der Waals surface area contributed by atoms with E-state index in [1.165, 1.54) is 27.2 Å². The van der Waals surface area contributed by atoms with Crippen LogP contribution >= 0.6 is 0 Å². The Morgan fingerprint density at radius 2 is 1.35 bits per heavy atom. The third kappa shape index (κ3) is 11.6. The smallest absolute Gasteiger partial charge is 0.306 e. The van der Waals surface area contributed by atoms with Gasteiger partial charge in [0.15, 0.2) is 0 Å². The lowest BCUT2D eigenvalue weighted by atomic mass is 9.69. The first kappa shape index (κ1) is 43.9. The van der Waals surface area contributed by atoms with Gasteiger partial charge in [-0.25, -0.2) is 0 Å². The number of nitrogens with zero attached hydrogens (tertiary/aromatic N) is 1. The minimum atomic E-state index is -0.921. The molecule has 10 heteroatoms. The zero-order valence-electron chi connectivity index (χ0n) is 36.1. The summed E-state index contributed by atoms with van der Waals surface area (Å²) in [5.74, 6) is 1.56. The minimum absolute atomic E-state index is 0.0240. The number of aryl methyl sites for hydroxylation is 1. The highest BCUT2D eigenvalue weighted by Crippen LogP contribution is 2.47. The van der Waals surface area contributed by atoms with Crippen molar-refractivity contribution in [1.82, 2.24) is 4.90 Å². The summed E-state index contributed by atoms with van der Waals surface area (Å²) in [4.78, 5) is 39.2. The summed E-state index contributed by atoms with van der Waals surface area (Å²) >= 11 is 0. The van der Waals surface area contributed by atoms with Crippen molar-refractivity contribution in [3.63, 3.8) is 0 Å². The third-order valence-electron chi connectivity index (χ3n) is 11.4. The SMILES string of the molecule is CC(C)(C)OC(=O)CC[C@@H](C(N)=O)N1Cc2cc(OCCCOCCCOc3ccc(C4c5ccc(OCc6ccccc6)cc5CCC4c4ccccc4)cc3)ccc2C1=O. The van der Waals surface area contributed by atoms with E-state index in [0.29, 0.717) is 56.7 Å². The van der Waals surface area contributed by atoms with Crippen molar-refractivity contribution in [3.05, 3.63) is 160 Å². The van der Waals surface area contributed by atoms with Gasteiger partial charge in [0.25, 0.3) is 5.91 Å². The van der Waals surface area contributed by atoms with Crippen molar-refractivity contribution in [2.24, 2.45) is 5.73 Å². The molecular weight excluding hydrogens is 781 g/mol. The number of benzene rings is 5. The van der Waals surface area contributed by atoms with Crippen molar-refractivity contribution in [2.75, 3.05) is 26.4 Å². The van der Waals surface area contributed by atoms with Crippen molar-refractivity contribution >= 4 is 17.8 Å². The highest BCUT2D eigenvalue weighted by molar-refractivity contribution is 6.01. The van der Waals surface area contributed by atoms with E-state index in [2.05, 4.69) is 84.9 Å². The summed E-state index contributed by atoms with van der Waals surface area (Å²) in [6, 6.07) is 40.7. The fraction of sp³-hybridized carbons (Fsp3) is 0.365. The van der Waals surface area contributed by atoms with Crippen molar-refractivity contribution in [1.29, 1.82) is 0 Å². The van der Waals surface area contributed by atoms with E-state index in [9.17, 15) is 14.4 Å². The number of nitrogens with two attached hydrogens (primary N) is 1. The molecular formula is C52H58N2O8. The number of fused-ring (bicyclic) bond motifs is 2. The van der Waals surface area contributed by atoms with Crippen LogP contribution in [0.3, 0.4) is 0 Å². The molecule has 1 aliphatic carbocycles. The minimum Gasteiger partial charge on any atom is -0.494 e. The van der Waals surface area contributed by atoms with Gasteiger partial charge in [-0.2, -0.15) is 0 Å². The molecule has 62 heavy (non-hydrogen) atoms. The summed E-state index contributed by atoms with van der Waals surface area (Å²) < 4.78 is 29.5. The van der Waals surface area contributed by atoms with Crippen LogP contribution in [0, 0.1) is 0 Å². The molecule has 324 valence electrons. The maximum Gasteiger partial charge on any atom is 0.306 e. The zero-order valence-corrected chi connectivity index (χ0v) is 36.1. The van der Waals surface area contributed by atoms with E-state index in [0.717, 1.165) is 41.9 Å². The van der Waals surface area contributed by atoms with E-state index in [1.807, 2.05) is 24.3 Å². The van der Waals surface area contributed by atoms with Crippen molar-refractivity contribution < 1.29 is 38.1 Å². The van der Waals surface area contributed by atoms with E-state index < -0.39 is 23.5 Å². The lowest BCUT2D eigenvalue weighted by Crippen LogP contribution is -2.45. The molecule has 7 rings (SSSR count). The molecule has 0 fully saturated rings. The lowest BCUT2D eigenvalue weighted by Gasteiger charge is -2.35. The average molecular weight is 839 g/mol. The highest BCUT2D eigenvalue weighted by atomic mass is 16.6. The Balaban J connectivity index is 0.837. The molecule has 2 unspecified atom stereocenters. The van der Waals surface area contributed by atoms with Crippen LogP contribution in [0.25, 0.3) is 0 Å². The standard InChI is InChI=1S/C52H58N2O8/c1-52(2,3)62-48(55)27-26-47(50(53)56)54-34-40-33-42(22-25-46(40)51(54)57)60-31-11-29-58-28-10-30-59-41-19-16-38(17-20-41)49-44(37-14-8-5-9-15-37)23-18-39-32-43(21-24-45(39)49)61-35-36-12-6-4-7-13-36/h4-9,12-17,19-22,24-25,32-33,44,47,49H,10-11,18,23,26-31,34-35H2,1-3H3,(H2,53,56)/t44?,47-,49?/m0/s1. The van der Waals surface area contributed by atoms with Gasteiger partial charge in [-0.05, 0) is 122 Å². The lowest BCUT2D eigenvalue weighted by molar-refractivity contribution is -0.155. The molecule has 5 aromatic rings. The monoisotopic (exact) mass is 838 g/mol. The first-order valence-corrected chi connectivity index (χ1v) is 21.8. The van der Waals surface area contributed by atoms with Crippen LogP contribution < -0.4 is 19.9 Å². The van der Waals surface area contributed by atoms with Crippen LogP contribution in [0.4, 0.5) is 0 Å². The second kappa shape index (κ2) is 20.6. The van der Waals surface area contributed by atoms with Gasteiger partial charge in [0.1, 0.15) is 35.5 Å². The summed E-state index contributed by atoms with van der Waals surface area (Å²) in [5.41, 5.74) is 12.8. The quantitative estimate of drug-likeness (QED) is 0.0608. The summed E-state index contributed by atoms with van der Waals surface area (Å²) in [5, 5.41) is 0. The van der Waals surface area contributed by atoms with Gasteiger partial charge in [0.05, 0.1) is 13.2 Å². The van der Waals surface area contributed by atoms with Gasteiger partial charge in [0.2, 0.25) is 5.91 Å². The molecule has 1 aliphatic heterocycles. The van der Waals surface area contributed by atoms with E-state index in [-0.39, 0.29) is 31.2 Å². The Bertz CT molecular complexity index is 2270. The maximum atomic E-state index is 13.2. The molecule has 5 aromatic carbocycles. The number of hydrogen-bond donors (Lipinski definition) is 1. The Labute approximate surface area is 365 Å². The molecule has 2 amide bonds. The molecule has 0 radical (unpaired) electrons. The molecule has 0 bridgehead atoms. The van der Waals surface area contributed by atoms with Crippen molar-refractivity contribution in [2.45, 2.75) is 95.9 Å². The van der Waals surface area contributed by atoms with Gasteiger partial charge < -0.3 is 34.3 Å². The molecule has 0 spiro atoms. The van der Waals surface area contributed by atoms with Crippen LogP contribution in [-0.4, -0.2) is 60.8 Å². The highest BCUT2D eigenvalue weighted by Gasteiger charge is 2.36.